The number of ether oxygens (including phenoxy) is 2. The highest BCUT2D eigenvalue weighted by molar-refractivity contribution is 5.99. The van der Waals surface area contributed by atoms with Gasteiger partial charge in [0.2, 0.25) is 0 Å². The number of carbonyl (C=O) groups excluding carboxylic acids is 4. The molecule has 11 atom stereocenters. The molecule has 1 amide bonds. The second-order valence-corrected chi connectivity index (χ2v) is 15.9. The molecule has 4 saturated carbocycles. The third-order valence-corrected chi connectivity index (χ3v) is 14.1. The van der Waals surface area contributed by atoms with Crippen LogP contribution in [0.15, 0.2) is 24.3 Å². The first-order valence-electron chi connectivity index (χ1n) is 17.0. The zero-order valence-corrected chi connectivity index (χ0v) is 28.0. The van der Waals surface area contributed by atoms with E-state index < -0.39 is 47.3 Å². The van der Waals surface area contributed by atoms with Crippen molar-refractivity contribution < 1.29 is 33.8 Å². The Balaban J connectivity index is 1.20. The van der Waals surface area contributed by atoms with Crippen LogP contribution in [-0.2, 0) is 23.9 Å². The Labute approximate surface area is 267 Å². The van der Waals surface area contributed by atoms with Crippen LogP contribution in [0.25, 0.3) is 0 Å². The molecule has 0 aromatic rings. The fraction of sp³-hybridized carbons (Fsp3) is 0.778. The lowest BCUT2D eigenvalue weighted by molar-refractivity contribution is -0.158. The second kappa shape index (κ2) is 11.0. The van der Waals surface area contributed by atoms with E-state index in [1.54, 1.807) is 11.8 Å². The Hall–Kier alpha value is -2.52. The summed E-state index contributed by atoms with van der Waals surface area (Å²) in [4.78, 5) is 55.4. The van der Waals surface area contributed by atoms with Crippen LogP contribution in [0.5, 0.6) is 0 Å². The van der Waals surface area contributed by atoms with E-state index in [0.717, 1.165) is 45.2 Å². The molecular weight excluding hydrogens is 572 g/mol. The Morgan fingerprint density at radius 1 is 1.11 bits per heavy atom. The number of aliphatic hydroxyl groups excluding tert-OH is 1. The van der Waals surface area contributed by atoms with Gasteiger partial charge in [-0.15, -0.1) is 0 Å². The Morgan fingerprint density at radius 2 is 1.80 bits per heavy atom. The van der Waals surface area contributed by atoms with Crippen LogP contribution in [0, 0.1) is 51.2 Å². The van der Waals surface area contributed by atoms with Gasteiger partial charge in [-0.3, -0.25) is 14.4 Å². The number of likely N-dealkylation sites (N-methyl/N-ethyl adjacent to an activating group) is 1. The summed E-state index contributed by atoms with van der Waals surface area (Å²) >= 11 is 0. The van der Waals surface area contributed by atoms with Gasteiger partial charge in [0.25, 0.3) is 0 Å². The van der Waals surface area contributed by atoms with E-state index in [4.69, 9.17) is 9.47 Å². The number of hydrogen-bond acceptors (Lipinski definition) is 8. The number of fused-ring (bicyclic) bond motifs is 2. The molecule has 1 saturated heterocycles. The number of rotatable bonds is 7. The summed E-state index contributed by atoms with van der Waals surface area (Å²) in [5, 5.41) is 11.9. The molecular formula is C36H52N2O7. The highest BCUT2D eigenvalue weighted by Crippen LogP contribution is 2.87. The third-order valence-electron chi connectivity index (χ3n) is 14.1. The molecule has 9 nitrogen and oxygen atoms in total. The number of ketones is 2. The molecule has 6 aliphatic rings. The molecule has 45 heavy (non-hydrogen) atoms. The van der Waals surface area contributed by atoms with Crippen LogP contribution in [0.3, 0.4) is 0 Å². The smallest absolute Gasteiger partial charge is 0.409 e. The lowest BCUT2D eigenvalue weighted by Crippen LogP contribution is -2.56. The van der Waals surface area contributed by atoms with Crippen molar-refractivity contribution in [3.8, 4) is 0 Å². The number of amides is 1. The van der Waals surface area contributed by atoms with Crippen LogP contribution in [0.4, 0.5) is 4.79 Å². The Morgan fingerprint density at radius 3 is 2.47 bits per heavy atom. The fourth-order valence-corrected chi connectivity index (χ4v) is 11.3. The molecule has 5 fully saturated rings. The maximum atomic E-state index is 13.9. The number of aliphatic hydroxyl groups is 1. The number of nitrogens with zero attached hydrogens (tertiary/aromatic N) is 2. The molecule has 0 radical (unpaired) electrons. The summed E-state index contributed by atoms with van der Waals surface area (Å²) in [7, 11) is 2.01. The molecule has 1 N–H and O–H groups in total. The predicted molar refractivity (Wildman–Crippen MR) is 168 cm³/mol. The summed E-state index contributed by atoms with van der Waals surface area (Å²) in [6.45, 7) is 16.6. The quantitative estimate of drug-likeness (QED) is 0.327. The van der Waals surface area contributed by atoms with Gasteiger partial charge in [0.05, 0.1) is 6.61 Å². The summed E-state index contributed by atoms with van der Waals surface area (Å²) in [6, 6.07) is 0. The highest BCUT2D eigenvalue weighted by atomic mass is 16.6. The van der Waals surface area contributed by atoms with E-state index in [1.807, 2.05) is 13.1 Å². The molecule has 9 heteroatoms. The number of esters is 1. The standard InChI is InChI=1S/C36H52N2O7/c1-21(19-44-32(43)38-16-14-37(7)15-17-38)22(2)30(41)31(42)29-27(45-24(4)39)18-34(6)28-9-8-25-23(3)26(40)10-11-35(25)20-36(28,35)13-12-33(29,34)5/h10-11,21,23,25,27-29,31,42H,2,8-9,12-20H2,1,3-7H3/t21-,23-,25-,27-,28-,29?,31+,33+,34-,35+,36-/m0/s1. The minimum Gasteiger partial charge on any atom is -0.462 e. The van der Waals surface area contributed by atoms with Gasteiger partial charge in [-0.2, -0.15) is 0 Å². The van der Waals surface area contributed by atoms with Gasteiger partial charge in [0.1, 0.15) is 12.2 Å². The zero-order chi connectivity index (χ0) is 32.7. The normalized spacial score (nSPS) is 43.2. The Bertz CT molecular complexity index is 1320. The Kier molecular flexibility index (Phi) is 7.95. The van der Waals surface area contributed by atoms with Crippen molar-refractivity contribution in [2.75, 3.05) is 39.8 Å². The van der Waals surface area contributed by atoms with E-state index in [2.05, 4.69) is 38.3 Å². The molecule has 2 spiro atoms. The van der Waals surface area contributed by atoms with Gasteiger partial charge in [0.15, 0.2) is 11.6 Å². The molecule has 1 aliphatic heterocycles. The van der Waals surface area contributed by atoms with Crippen LogP contribution < -0.4 is 0 Å². The van der Waals surface area contributed by atoms with E-state index in [-0.39, 0.29) is 40.1 Å². The van der Waals surface area contributed by atoms with Crippen molar-refractivity contribution in [2.45, 2.75) is 85.4 Å². The highest BCUT2D eigenvalue weighted by Gasteiger charge is 2.82. The lowest BCUT2D eigenvalue weighted by Gasteiger charge is -2.60. The maximum absolute atomic E-state index is 13.9. The topological polar surface area (TPSA) is 113 Å². The zero-order valence-electron chi connectivity index (χ0n) is 28.0. The minimum atomic E-state index is -1.39. The van der Waals surface area contributed by atoms with Crippen molar-refractivity contribution in [2.24, 2.45) is 51.2 Å². The number of allylic oxidation sites excluding steroid dienone is 2. The molecule has 0 bridgehead atoms. The molecule has 248 valence electrons. The van der Waals surface area contributed by atoms with Gasteiger partial charge in [-0.05, 0) is 90.7 Å². The summed E-state index contributed by atoms with van der Waals surface area (Å²) < 4.78 is 11.5. The van der Waals surface area contributed by atoms with Gasteiger partial charge in [-0.25, -0.2) is 4.79 Å². The second-order valence-electron chi connectivity index (χ2n) is 15.9. The van der Waals surface area contributed by atoms with E-state index in [9.17, 15) is 24.3 Å². The van der Waals surface area contributed by atoms with Crippen LogP contribution in [0.1, 0.15) is 73.1 Å². The van der Waals surface area contributed by atoms with Crippen molar-refractivity contribution in [3.05, 3.63) is 24.3 Å². The van der Waals surface area contributed by atoms with Crippen molar-refractivity contribution in [1.29, 1.82) is 0 Å². The average molecular weight is 625 g/mol. The minimum absolute atomic E-state index is 0.00221. The van der Waals surface area contributed by atoms with Gasteiger partial charge in [-0.1, -0.05) is 40.3 Å². The fourth-order valence-electron chi connectivity index (χ4n) is 11.3. The molecule has 0 aromatic heterocycles. The van der Waals surface area contributed by atoms with Crippen molar-refractivity contribution in [1.82, 2.24) is 9.80 Å². The van der Waals surface area contributed by atoms with E-state index >= 15 is 0 Å². The maximum Gasteiger partial charge on any atom is 0.409 e. The molecule has 6 rings (SSSR count). The number of piperazine rings is 1. The number of hydrogen-bond donors (Lipinski definition) is 1. The first-order valence-corrected chi connectivity index (χ1v) is 17.0. The molecule has 1 heterocycles. The first-order chi connectivity index (χ1) is 21.1. The average Bonchev–Trinajstić information content (AvgIpc) is 3.61. The summed E-state index contributed by atoms with van der Waals surface area (Å²) in [6.07, 6.45) is 7.10. The van der Waals surface area contributed by atoms with Crippen molar-refractivity contribution in [3.63, 3.8) is 0 Å². The van der Waals surface area contributed by atoms with E-state index in [0.29, 0.717) is 31.3 Å². The predicted octanol–water partition coefficient (Wildman–Crippen LogP) is 4.43. The van der Waals surface area contributed by atoms with Crippen LogP contribution in [0.2, 0.25) is 0 Å². The molecule has 0 aromatic carbocycles. The van der Waals surface area contributed by atoms with Gasteiger partial charge >= 0.3 is 12.1 Å². The SMILES string of the molecule is C=C(C(=O)[C@H](O)C1[C@@H](OC(C)=O)C[C@@]2(C)[C@@H]3CC[C@H]4[C@H](C)C(=O)C=C[C@@]45C[C@@]35CC[C@]12C)[C@@H](C)COC(=O)N1CCN(C)CC1. The van der Waals surface area contributed by atoms with Crippen LogP contribution in [-0.4, -0.2) is 90.6 Å². The summed E-state index contributed by atoms with van der Waals surface area (Å²) in [5.41, 5.74) is -0.359. The number of Topliss-reactive ketones (excluding diaryl/α,β-unsaturated/α-hetero) is 1. The monoisotopic (exact) mass is 624 g/mol. The largest absolute Gasteiger partial charge is 0.462 e. The van der Waals surface area contributed by atoms with E-state index in [1.165, 1.54) is 6.92 Å². The summed E-state index contributed by atoms with van der Waals surface area (Å²) in [5.74, 6) is -0.968. The lowest BCUT2D eigenvalue weighted by atomic mass is 9.43. The van der Waals surface area contributed by atoms with Gasteiger partial charge in [0, 0.05) is 50.9 Å². The van der Waals surface area contributed by atoms with Crippen LogP contribution >= 0.6 is 0 Å². The molecule has 5 aliphatic carbocycles. The van der Waals surface area contributed by atoms with Gasteiger partial charge < -0.3 is 24.4 Å². The number of carbonyl (C=O) groups is 4. The molecule has 1 unspecified atom stereocenters. The van der Waals surface area contributed by atoms with Crippen molar-refractivity contribution >= 4 is 23.6 Å². The third kappa shape index (κ3) is 4.68. The first kappa shape index (κ1) is 32.4.